The van der Waals surface area contributed by atoms with E-state index in [0.717, 1.165) is 15.4 Å². The Kier molecular flexibility index (Phi) is 3.51. The highest BCUT2D eigenvalue weighted by atomic mass is 79.9. The van der Waals surface area contributed by atoms with Gasteiger partial charge in [-0.05, 0) is 42.5 Å². The molecule has 3 rings (SSSR count). The molecule has 0 aliphatic carbocycles. The van der Waals surface area contributed by atoms with Crippen LogP contribution in [0.2, 0.25) is 5.02 Å². The molecule has 0 bridgehead atoms. The Bertz CT molecular complexity index is 792. The Balaban J connectivity index is 1.98. The first kappa shape index (κ1) is 13.2. The average Bonchev–Trinajstić information content (AvgIpc) is 2.43. The van der Waals surface area contributed by atoms with Gasteiger partial charge < -0.3 is 10.5 Å². The summed E-state index contributed by atoms with van der Waals surface area (Å²) < 4.78 is 6.62. The van der Waals surface area contributed by atoms with Crippen LogP contribution in [-0.2, 0) is 0 Å². The first-order chi connectivity index (χ1) is 9.61. The molecule has 5 heteroatoms. The van der Waals surface area contributed by atoms with Gasteiger partial charge in [-0.2, -0.15) is 0 Å². The van der Waals surface area contributed by atoms with E-state index < -0.39 is 0 Å². The Labute approximate surface area is 129 Å². The summed E-state index contributed by atoms with van der Waals surface area (Å²) in [6.07, 6.45) is 0. The van der Waals surface area contributed by atoms with Crippen LogP contribution in [0.4, 0.5) is 5.69 Å². The molecule has 0 spiro atoms. The number of rotatable bonds is 2. The van der Waals surface area contributed by atoms with Crippen LogP contribution in [0.5, 0.6) is 11.6 Å². The van der Waals surface area contributed by atoms with Crippen molar-refractivity contribution in [1.82, 2.24) is 4.98 Å². The molecule has 20 heavy (non-hydrogen) atoms. The number of anilines is 1. The molecule has 100 valence electrons. The van der Waals surface area contributed by atoms with E-state index in [1.165, 1.54) is 0 Å². The quantitative estimate of drug-likeness (QED) is 0.660. The van der Waals surface area contributed by atoms with Crippen molar-refractivity contribution in [3.05, 3.63) is 58.0 Å². The predicted molar refractivity (Wildman–Crippen MR) is 85.4 cm³/mol. The molecule has 3 nitrogen and oxygen atoms in total. The van der Waals surface area contributed by atoms with Gasteiger partial charge in [0.2, 0.25) is 5.88 Å². The van der Waals surface area contributed by atoms with E-state index in [2.05, 4.69) is 20.9 Å². The van der Waals surface area contributed by atoms with Crippen LogP contribution in [0.15, 0.2) is 53.0 Å². The fraction of sp³-hybridized carbons (Fsp3) is 0. The maximum absolute atomic E-state index is 6.09. The first-order valence-corrected chi connectivity index (χ1v) is 7.08. The van der Waals surface area contributed by atoms with Gasteiger partial charge in [-0.1, -0.05) is 27.5 Å². The smallest absolute Gasteiger partial charge is 0.219 e. The molecule has 1 heterocycles. The minimum Gasteiger partial charge on any atom is -0.437 e. The fourth-order valence-corrected chi connectivity index (χ4v) is 2.35. The standard InChI is InChI=1S/C15H10BrClN2O/c16-10-2-4-12(17)14(8-10)20-15-6-1-9-7-11(18)3-5-13(9)19-15/h1-8H,18H2. The Morgan fingerprint density at radius 3 is 2.75 bits per heavy atom. The Hall–Kier alpha value is -1.78. The molecule has 0 radical (unpaired) electrons. The molecule has 0 aliphatic heterocycles. The van der Waals surface area contributed by atoms with Crippen molar-refractivity contribution in [1.29, 1.82) is 0 Å². The lowest BCUT2D eigenvalue weighted by molar-refractivity contribution is 0.465. The molecule has 0 unspecified atom stereocenters. The number of halogens is 2. The van der Waals surface area contributed by atoms with E-state index in [0.29, 0.717) is 22.3 Å². The van der Waals surface area contributed by atoms with Crippen LogP contribution in [-0.4, -0.2) is 4.98 Å². The van der Waals surface area contributed by atoms with Crippen LogP contribution in [0.1, 0.15) is 0 Å². The molecular weight excluding hydrogens is 340 g/mol. The Morgan fingerprint density at radius 2 is 1.90 bits per heavy atom. The van der Waals surface area contributed by atoms with Crippen LogP contribution in [0, 0.1) is 0 Å². The van der Waals surface area contributed by atoms with Gasteiger partial charge in [0.1, 0.15) is 5.75 Å². The highest BCUT2D eigenvalue weighted by Gasteiger charge is 2.06. The van der Waals surface area contributed by atoms with E-state index in [1.54, 1.807) is 18.2 Å². The summed E-state index contributed by atoms with van der Waals surface area (Å²) in [5.74, 6) is 1.05. The third-order valence-electron chi connectivity index (χ3n) is 2.80. The highest BCUT2D eigenvalue weighted by molar-refractivity contribution is 9.10. The van der Waals surface area contributed by atoms with Crippen LogP contribution in [0.3, 0.4) is 0 Å². The molecule has 0 amide bonds. The third kappa shape index (κ3) is 2.71. The van der Waals surface area contributed by atoms with Gasteiger partial charge in [0.25, 0.3) is 0 Å². The molecule has 0 fully saturated rings. The summed E-state index contributed by atoms with van der Waals surface area (Å²) >= 11 is 9.48. The van der Waals surface area contributed by atoms with Crippen molar-refractivity contribution in [2.75, 3.05) is 5.73 Å². The molecule has 0 atom stereocenters. The number of nitrogens with zero attached hydrogens (tertiary/aromatic N) is 1. The second-order valence-electron chi connectivity index (χ2n) is 4.28. The normalized spacial score (nSPS) is 10.7. The van der Waals surface area contributed by atoms with Gasteiger partial charge >= 0.3 is 0 Å². The number of pyridine rings is 1. The number of nitrogens with two attached hydrogens (primary N) is 1. The van der Waals surface area contributed by atoms with Gasteiger partial charge in [-0.15, -0.1) is 0 Å². The van der Waals surface area contributed by atoms with Crippen LogP contribution in [0.25, 0.3) is 10.9 Å². The molecule has 0 saturated carbocycles. The number of hydrogen-bond donors (Lipinski definition) is 1. The predicted octanol–water partition coefficient (Wildman–Crippen LogP) is 5.03. The van der Waals surface area contributed by atoms with Crippen molar-refractivity contribution in [3.8, 4) is 11.6 Å². The third-order valence-corrected chi connectivity index (χ3v) is 3.60. The van der Waals surface area contributed by atoms with E-state index in [9.17, 15) is 0 Å². The van der Waals surface area contributed by atoms with Gasteiger partial charge in [-0.25, -0.2) is 4.98 Å². The minimum absolute atomic E-state index is 0.488. The van der Waals surface area contributed by atoms with E-state index >= 15 is 0 Å². The number of hydrogen-bond acceptors (Lipinski definition) is 3. The zero-order valence-corrected chi connectivity index (χ0v) is 12.6. The number of benzene rings is 2. The van der Waals surface area contributed by atoms with Crippen molar-refractivity contribution in [2.24, 2.45) is 0 Å². The molecule has 3 aromatic rings. The summed E-state index contributed by atoms with van der Waals surface area (Å²) in [4.78, 5) is 4.43. The minimum atomic E-state index is 0.488. The summed E-state index contributed by atoms with van der Waals surface area (Å²) in [6, 6.07) is 14.7. The number of ether oxygens (including phenoxy) is 1. The maximum Gasteiger partial charge on any atom is 0.219 e. The molecule has 1 aromatic heterocycles. The van der Waals surface area contributed by atoms with E-state index in [-0.39, 0.29) is 0 Å². The molecule has 0 saturated heterocycles. The lowest BCUT2D eigenvalue weighted by atomic mass is 10.2. The highest BCUT2D eigenvalue weighted by Crippen LogP contribution is 2.32. The van der Waals surface area contributed by atoms with Gasteiger partial charge in [0, 0.05) is 21.6 Å². The first-order valence-electron chi connectivity index (χ1n) is 5.91. The summed E-state index contributed by atoms with van der Waals surface area (Å²) in [5.41, 5.74) is 7.27. The molecule has 2 aromatic carbocycles. The Morgan fingerprint density at radius 1 is 1.05 bits per heavy atom. The number of nitrogen functional groups attached to an aromatic ring is 1. The van der Waals surface area contributed by atoms with Crippen molar-refractivity contribution < 1.29 is 4.74 Å². The van der Waals surface area contributed by atoms with Crippen LogP contribution < -0.4 is 10.5 Å². The second-order valence-corrected chi connectivity index (χ2v) is 5.60. The van der Waals surface area contributed by atoms with Crippen molar-refractivity contribution in [2.45, 2.75) is 0 Å². The average molecular weight is 350 g/mol. The topological polar surface area (TPSA) is 48.1 Å². The van der Waals surface area contributed by atoms with Crippen molar-refractivity contribution in [3.63, 3.8) is 0 Å². The molecule has 2 N–H and O–H groups in total. The van der Waals surface area contributed by atoms with Gasteiger partial charge in [0.15, 0.2) is 0 Å². The summed E-state index contributed by atoms with van der Waals surface area (Å²) in [7, 11) is 0. The zero-order chi connectivity index (χ0) is 14.1. The zero-order valence-electron chi connectivity index (χ0n) is 10.3. The van der Waals surface area contributed by atoms with Gasteiger partial charge in [-0.3, -0.25) is 0 Å². The summed E-state index contributed by atoms with van der Waals surface area (Å²) in [6.45, 7) is 0. The lowest BCUT2D eigenvalue weighted by Crippen LogP contribution is -1.90. The number of fused-ring (bicyclic) bond motifs is 1. The van der Waals surface area contributed by atoms with E-state index in [4.69, 9.17) is 22.1 Å². The molecule has 0 aliphatic rings. The van der Waals surface area contributed by atoms with Crippen molar-refractivity contribution >= 4 is 44.1 Å². The lowest BCUT2D eigenvalue weighted by Gasteiger charge is -2.08. The molecular formula is C15H10BrClN2O. The second kappa shape index (κ2) is 5.31. The van der Waals surface area contributed by atoms with Gasteiger partial charge in [0.05, 0.1) is 10.5 Å². The maximum atomic E-state index is 6.09. The summed E-state index contributed by atoms with van der Waals surface area (Å²) in [5, 5.41) is 1.50. The SMILES string of the molecule is Nc1ccc2nc(Oc3cc(Br)ccc3Cl)ccc2c1. The monoisotopic (exact) mass is 348 g/mol. The number of aromatic nitrogens is 1. The van der Waals surface area contributed by atoms with Crippen LogP contribution >= 0.6 is 27.5 Å². The van der Waals surface area contributed by atoms with E-state index in [1.807, 2.05) is 30.3 Å². The fourth-order valence-electron chi connectivity index (χ4n) is 1.85. The largest absolute Gasteiger partial charge is 0.437 e.